The van der Waals surface area contributed by atoms with Crippen LogP contribution in [0.15, 0.2) is 0 Å². The van der Waals surface area contributed by atoms with E-state index in [-0.39, 0.29) is 19.1 Å². The van der Waals surface area contributed by atoms with E-state index in [0.717, 1.165) is 0 Å². The van der Waals surface area contributed by atoms with Crippen molar-refractivity contribution >= 4 is 11.9 Å². The van der Waals surface area contributed by atoms with Gasteiger partial charge in [-0.1, -0.05) is 13.8 Å². The van der Waals surface area contributed by atoms with Gasteiger partial charge in [-0.05, 0) is 18.3 Å². The van der Waals surface area contributed by atoms with Crippen molar-refractivity contribution in [3.63, 3.8) is 0 Å². The lowest BCUT2D eigenvalue weighted by molar-refractivity contribution is -0.143. The average Bonchev–Trinajstić information content (AvgIpc) is 2.81. The topological polar surface area (TPSA) is 125 Å². The average molecular weight is 303 g/mol. The lowest BCUT2D eigenvalue weighted by Crippen LogP contribution is -2.56. The molecule has 0 radical (unpaired) electrons. The number of aliphatic hydroxyl groups is 1. The fourth-order valence-corrected chi connectivity index (χ4v) is 2.39. The van der Waals surface area contributed by atoms with Crippen molar-refractivity contribution < 1.29 is 24.5 Å². The molecule has 1 aliphatic heterocycles. The number of nitrogens with zero attached hydrogens (tertiary/aromatic N) is 1. The molecule has 21 heavy (non-hydrogen) atoms. The Morgan fingerprint density at radius 3 is 2.67 bits per heavy atom. The van der Waals surface area contributed by atoms with Gasteiger partial charge in [0.15, 0.2) is 0 Å². The van der Waals surface area contributed by atoms with E-state index in [1.54, 1.807) is 4.90 Å². The summed E-state index contributed by atoms with van der Waals surface area (Å²) >= 11 is 0. The van der Waals surface area contributed by atoms with Crippen molar-refractivity contribution in [3.8, 4) is 0 Å². The molecular weight excluding hydrogens is 278 g/mol. The molecular formula is C13H25N3O5. The summed E-state index contributed by atoms with van der Waals surface area (Å²) in [5.41, 5.74) is 2.04. The number of rotatable bonds is 8. The van der Waals surface area contributed by atoms with Gasteiger partial charge in [0.1, 0.15) is 12.6 Å². The standard InChI is InChI=1S/C13H25N3O5/c1-13(2,4-6-21-8-10(18)19)11(15-14)12(20)16-5-3-9(17)7-16/h9,11,15,17H,3-8,14H2,1-2H3,(H,18,19). The number of aliphatic carboxylic acids is 1. The minimum Gasteiger partial charge on any atom is -0.480 e. The van der Waals surface area contributed by atoms with Gasteiger partial charge in [-0.3, -0.25) is 10.6 Å². The predicted octanol–water partition coefficient (Wildman–Crippen LogP) is -1.07. The van der Waals surface area contributed by atoms with Gasteiger partial charge in [0, 0.05) is 19.7 Å². The molecule has 0 aromatic carbocycles. The van der Waals surface area contributed by atoms with Crippen molar-refractivity contribution in [2.75, 3.05) is 26.3 Å². The number of ether oxygens (including phenoxy) is 1. The molecule has 122 valence electrons. The number of hydrogen-bond donors (Lipinski definition) is 4. The van der Waals surface area contributed by atoms with E-state index < -0.39 is 23.5 Å². The van der Waals surface area contributed by atoms with Crippen LogP contribution in [-0.2, 0) is 14.3 Å². The quantitative estimate of drug-likeness (QED) is 0.255. The summed E-state index contributed by atoms with van der Waals surface area (Å²) in [7, 11) is 0. The number of carboxylic acid groups (broad SMARTS) is 1. The fourth-order valence-electron chi connectivity index (χ4n) is 2.39. The summed E-state index contributed by atoms with van der Waals surface area (Å²) in [5, 5.41) is 18.0. The molecule has 8 heteroatoms. The highest BCUT2D eigenvalue weighted by Gasteiger charge is 2.38. The number of carboxylic acids is 1. The molecule has 1 amide bonds. The van der Waals surface area contributed by atoms with Crippen LogP contribution in [0.3, 0.4) is 0 Å². The first kappa shape index (κ1) is 17.8. The molecule has 1 aliphatic rings. The highest BCUT2D eigenvalue weighted by atomic mass is 16.5. The number of likely N-dealkylation sites (tertiary alicyclic amines) is 1. The number of carbonyl (C=O) groups excluding carboxylic acids is 1. The number of aliphatic hydroxyl groups excluding tert-OH is 1. The van der Waals surface area contributed by atoms with Gasteiger partial charge in [-0.25, -0.2) is 10.2 Å². The third-order valence-corrected chi connectivity index (χ3v) is 3.79. The van der Waals surface area contributed by atoms with Crippen LogP contribution in [0.2, 0.25) is 0 Å². The van der Waals surface area contributed by atoms with Crippen molar-refractivity contribution in [1.29, 1.82) is 0 Å². The number of β-amino-alcohol motifs (C(OH)–C–C–N with tert-alkyl or cyclic N) is 1. The Morgan fingerprint density at radius 1 is 1.52 bits per heavy atom. The van der Waals surface area contributed by atoms with Crippen LogP contribution >= 0.6 is 0 Å². The number of hydrogen-bond acceptors (Lipinski definition) is 6. The molecule has 0 saturated carbocycles. The van der Waals surface area contributed by atoms with Gasteiger partial charge in [0.2, 0.25) is 5.91 Å². The summed E-state index contributed by atoms with van der Waals surface area (Å²) in [4.78, 5) is 24.4. The largest absolute Gasteiger partial charge is 0.480 e. The van der Waals surface area contributed by atoms with E-state index in [1.807, 2.05) is 13.8 Å². The van der Waals surface area contributed by atoms with Crippen LogP contribution in [0.25, 0.3) is 0 Å². The van der Waals surface area contributed by atoms with Gasteiger partial charge >= 0.3 is 5.97 Å². The van der Waals surface area contributed by atoms with Crippen molar-refractivity contribution in [2.45, 2.75) is 38.8 Å². The first-order valence-corrected chi connectivity index (χ1v) is 7.00. The second-order valence-electron chi connectivity index (χ2n) is 6.01. The number of nitrogens with two attached hydrogens (primary N) is 1. The molecule has 1 saturated heterocycles. The molecule has 2 unspecified atom stereocenters. The third-order valence-electron chi connectivity index (χ3n) is 3.79. The van der Waals surface area contributed by atoms with E-state index in [9.17, 15) is 14.7 Å². The first-order chi connectivity index (χ1) is 9.77. The number of nitrogens with one attached hydrogen (secondary N) is 1. The predicted molar refractivity (Wildman–Crippen MR) is 75.2 cm³/mol. The van der Waals surface area contributed by atoms with Crippen molar-refractivity contribution in [3.05, 3.63) is 0 Å². The Morgan fingerprint density at radius 2 is 2.19 bits per heavy atom. The summed E-state index contributed by atoms with van der Waals surface area (Å²) in [5.74, 6) is 4.34. The van der Waals surface area contributed by atoms with Gasteiger partial charge in [0.05, 0.1) is 6.10 Å². The Labute approximate surface area is 124 Å². The highest BCUT2D eigenvalue weighted by molar-refractivity contribution is 5.83. The Bertz CT molecular complexity index is 375. The van der Waals surface area contributed by atoms with Crippen LogP contribution in [0.1, 0.15) is 26.7 Å². The molecule has 5 N–H and O–H groups in total. The van der Waals surface area contributed by atoms with Crippen LogP contribution < -0.4 is 11.3 Å². The molecule has 0 aliphatic carbocycles. The number of carbonyl (C=O) groups is 2. The molecule has 1 fully saturated rings. The van der Waals surface area contributed by atoms with E-state index in [2.05, 4.69) is 5.43 Å². The first-order valence-electron chi connectivity index (χ1n) is 7.00. The van der Waals surface area contributed by atoms with E-state index in [1.165, 1.54) is 0 Å². The second-order valence-corrected chi connectivity index (χ2v) is 6.01. The molecule has 1 rings (SSSR count). The molecule has 2 atom stereocenters. The SMILES string of the molecule is CC(C)(CCOCC(=O)O)C(NN)C(=O)N1CCC(O)C1. The van der Waals surface area contributed by atoms with E-state index in [4.69, 9.17) is 15.7 Å². The second kappa shape index (κ2) is 7.69. The lowest BCUT2D eigenvalue weighted by atomic mass is 9.81. The molecule has 8 nitrogen and oxygen atoms in total. The zero-order valence-corrected chi connectivity index (χ0v) is 12.5. The Kier molecular flexibility index (Phi) is 6.53. The maximum atomic E-state index is 12.4. The van der Waals surface area contributed by atoms with E-state index in [0.29, 0.717) is 25.9 Å². The normalized spacial score (nSPS) is 20.6. The maximum Gasteiger partial charge on any atom is 0.329 e. The summed E-state index contributed by atoms with van der Waals surface area (Å²) in [6.45, 7) is 4.45. The maximum absolute atomic E-state index is 12.4. The Hall–Kier alpha value is -1.22. The molecule has 0 spiro atoms. The van der Waals surface area contributed by atoms with Crippen LogP contribution in [0, 0.1) is 5.41 Å². The van der Waals surface area contributed by atoms with Gasteiger partial charge in [0.25, 0.3) is 0 Å². The van der Waals surface area contributed by atoms with Crippen LogP contribution in [0.5, 0.6) is 0 Å². The van der Waals surface area contributed by atoms with Crippen molar-refractivity contribution in [2.24, 2.45) is 11.3 Å². The third kappa shape index (κ3) is 5.24. The summed E-state index contributed by atoms with van der Waals surface area (Å²) < 4.78 is 5.01. The summed E-state index contributed by atoms with van der Waals surface area (Å²) in [6.07, 6.45) is 0.581. The molecule has 0 aromatic rings. The fraction of sp³-hybridized carbons (Fsp3) is 0.846. The number of hydrazine groups is 1. The van der Waals surface area contributed by atoms with E-state index >= 15 is 0 Å². The van der Waals surface area contributed by atoms with Gasteiger partial charge < -0.3 is 19.8 Å². The lowest BCUT2D eigenvalue weighted by Gasteiger charge is -2.35. The molecule has 0 bridgehead atoms. The zero-order chi connectivity index (χ0) is 16.0. The van der Waals surface area contributed by atoms with Gasteiger partial charge in [-0.15, -0.1) is 0 Å². The van der Waals surface area contributed by atoms with Gasteiger partial charge in [-0.2, -0.15) is 0 Å². The van der Waals surface area contributed by atoms with Crippen LogP contribution in [-0.4, -0.2) is 65.4 Å². The smallest absolute Gasteiger partial charge is 0.329 e. The monoisotopic (exact) mass is 303 g/mol. The minimum absolute atomic E-state index is 0.155. The highest BCUT2D eigenvalue weighted by Crippen LogP contribution is 2.27. The molecule has 0 aromatic heterocycles. The van der Waals surface area contributed by atoms with Crippen molar-refractivity contribution in [1.82, 2.24) is 10.3 Å². The van der Waals surface area contributed by atoms with Crippen LogP contribution in [0.4, 0.5) is 0 Å². The summed E-state index contributed by atoms with van der Waals surface area (Å²) in [6, 6.07) is -0.615. The molecule has 1 heterocycles. The zero-order valence-electron chi connectivity index (χ0n) is 12.5. The Balaban J connectivity index is 2.55. The number of amides is 1. The minimum atomic E-state index is -1.02.